The van der Waals surface area contributed by atoms with E-state index in [1.807, 2.05) is 0 Å². The number of anilines is 3. The highest BCUT2D eigenvalue weighted by molar-refractivity contribution is 7.22. The molecule has 0 atom stereocenters. The van der Waals surface area contributed by atoms with Crippen molar-refractivity contribution in [3.63, 3.8) is 0 Å². The second-order valence-electron chi connectivity index (χ2n) is 14.0. The first-order valence-electron chi connectivity index (χ1n) is 18.6. The van der Waals surface area contributed by atoms with E-state index in [0.717, 1.165) is 44.4 Å². The maximum Gasteiger partial charge on any atom is 0.124 e. The molecule has 0 aliphatic rings. The number of para-hydroxylation sites is 2. The van der Waals surface area contributed by atoms with E-state index in [1.165, 1.54) is 53.7 Å². The molecule has 2 aromatic heterocycles. The van der Waals surface area contributed by atoms with Crippen molar-refractivity contribution in [2.75, 3.05) is 4.90 Å². The Bertz CT molecular complexity index is 3200. The minimum Gasteiger partial charge on any atom is -0.310 e. The molecule has 0 aliphatic heterocycles. The lowest BCUT2D eigenvalue weighted by Crippen LogP contribution is -2.10. The topological polar surface area (TPSA) is 21.1 Å². The largest absolute Gasteiger partial charge is 0.310 e. The smallest absolute Gasteiger partial charge is 0.124 e. The third-order valence-corrected chi connectivity index (χ3v) is 11.9. The first-order chi connectivity index (χ1) is 27.3. The van der Waals surface area contributed by atoms with E-state index in [-0.39, 0.29) is 0 Å². The average Bonchev–Trinajstić information content (AvgIpc) is 3.84. The van der Waals surface area contributed by atoms with Crippen molar-refractivity contribution in [1.29, 1.82) is 0 Å². The molecule has 0 aliphatic carbocycles. The Hall–Kier alpha value is -7.01. The second kappa shape index (κ2) is 12.8. The lowest BCUT2D eigenvalue weighted by atomic mass is 10.0. The molecule has 0 fully saturated rings. The molecule has 0 saturated heterocycles. The molecule has 0 amide bonds. The molecule has 55 heavy (non-hydrogen) atoms. The van der Waals surface area contributed by atoms with Gasteiger partial charge in [0.1, 0.15) is 5.01 Å². The fourth-order valence-corrected chi connectivity index (χ4v) is 9.35. The number of hydrogen-bond acceptors (Lipinski definition) is 3. The quantitative estimate of drug-likeness (QED) is 0.160. The molecule has 11 rings (SSSR count). The number of hydrogen-bond donors (Lipinski definition) is 0. The van der Waals surface area contributed by atoms with Crippen molar-refractivity contribution < 1.29 is 0 Å². The van der Waals surface area contributed by atoms with Gasteiger partial charge in [-0.25, -0.2) is 4.98 Å². The normalized spacial score (nSPS) is 11.6. The maximum absolute atomic E-state index is 5.10. The van der Waals surface area contributed by atoms with Gasteiger partial charge < -0.3 is 9.47 Å². The zero-order chi connectivity index (χ0) is 36.3. The molecule has 3 nitrogen and oxygen atoms in total. The van der Waals surface area contributed by atoms with Gasteiger partial charge in [-0.1, -0.05) is 140 Å². The van der Waals surface area contributed by atoms with Gasteiger partial charge in [-0.3, -0.25) is 0 Å². The van der Waals surface area contributed by atoms with Crippen LogP contribution in [0.5, 0.6) is 0 Å². The molecular weight excluding hydrogens is 687 g/mol. The molecule has 0 radical (unpaired) electrons. The monoisotopic (exact) mass is 719 g/mol. The fraction of sp³-hybridized carbons (Fsp3) is 0. The van der Waals surface area contributed by atoms with Gasteiger partial charge in [-0.05, 0) is 87.9 Å². The van der Waals surface area contributed by atoms with Crippen LogP contribution in [0.3, 0.4) is 0 Å². The van der Waals surface area contributed by atoms with Gasteiger partial charge in [0, 0.05) is 44.5 Å². The summed E-state index contributed by atoms with van der Waals surface area (Å²) in [6.07, 6.45) is 0. The number of rotatable bonds is 6. The number of benzene rings is 9. The molecular formula is C51H33N3S. The Morgan fingerprint density at radius 3 is 1.89 bits per heavy atom. The van der Waals surface area contributed by atoms with E-state index < -0.39 is 0 Å². The van der Waals surface area contributed by atoms with E-state index in [1.54, 1.807) is 11.3 Å². The molecule has 0 N–H and O–H groups in total. The average molecular weight is 720 g/mol. The predicted octanol–water partition coefficient (Wildman–Crippen LogP) is 14.5. The van der Waals surface area contributed by atoms with Crippen molar-refractivity contribution in [2.24, 2.45) is 0 Å². The summed E-state index contributed by atoms with van der Waals surface area (Å²) >= 11 is 1.78. The maximum atomic E-state index is 5.10. The van der Waals surface area contributed by atoms with Crippen LogP contribution in [0.25, 0.3) is 81.0 Å². The van der Waals surface area contributed by atoms with E-state index in [0.29, 0.717) is 0 Å². The van der Waals surface area contributed by atoms with Crippen LogP contribution in [0.2, 0.25) is 0 Å². The number of nitrogens with zero attached hydrogens (tertiary/aromatic N) is 3. The van der Waals surface area contributed by atoms with E-state index >= 15 is 0 Å². The summed E-state index contributed by atoms with van der Waals surface area (Å²) in [7, 11) is 0. The van der Waals surface area contributed by atoms with Crippen molar-refractivity contribution in [3.8, 4) is 27.4 Å². The molecule has 0 spiro atoms. The molecule has 0 bridgehead atoms. The number of thiazole rings is 1. The van der Waals surface area contributed by atoms with E-state index in [4.69, 9.17) is 4.98 Å². The van der Waals surface area contributed by atoms with E-state index in [2.05, 4.69) is 210 Å². The lowest BCUT2D eigenvalue weighted by molar-refractivity contribution is 1.18. The minimum atomic E-state index is 1.03. The third-order valence-electron chi connectivity index (χ3n) is 10.8. The Morgan fingerprint density at radius 2 is 1.05 bits per heavy atom. The van der Waals surface area contributed by atoms with E-state index in [9.17, 15) is 0 Å². The highest BCUT2D eigenvalue weighted by Crippen LogP contribution is 2.43. The van der Waals surface area contributed by atoms with Crippen LogP contribution in [0.1, 0.15) is 0 Å². The molecule has 2 heterocycles. The summed E-state index contributed by atoms with van der Waals surface area (Å²) in [6.45, 7) is 0. The third kappa shape index (κ3) is 5.30. The highest BCUT2D eigenvalue weighted by atomic mass is 32.1. The Labute approximate surface area is 322 Å². The SMILES string of the molecule is c1ccc(-c2cccc(-n3c4ccccc4c4ccc(N(c5ccccc5)c5ccc6ccc7ccc8nc(-c9ccccc9)sc8c7c6c5)cc43)c2)cc1. The summed E-state index contributed by atoms with van der Waals surface area (Å²) in [6, 6.07) is 72.2. The van der Waals surface area contributed by atoms with Gasteiger partial charge in [-0.2, -0.15) is 0 Å². The summed E-state index contributed by atoms with van der Waals surface area (Å²) in [4.78, 5) is 7.49. The van der Waals surface area contributed by atoms with Crippen LogP contribution < -0.4 is 4.90 Å². The van der Waals surface area contributed by atoms with Gasteiger partial charge in [0.05, 0.1) is 21.3 Å². The van der Waals surface area contributed by atoms with Crippen molar-refractivity contribution in [3.05, 3.63) is 200 Å². The first kappa shape index (κ1) is 31.5. The van der Waals surface area contributed by atoms with Crippen LogP contribution >= 0.6 is 11.3 Å². The van der Waals surface area contributed by atoms with Crippen molar-refractivity contribution in [1.82, 2.24) is 9.55 Å². The lowest BCUT2D eigenvalue weighted by Gasteiger charge is -2.26. The van der Waals surface area contributed by atoms with Gasteiger partial charge in [0.25, 0.3) is 0 Å². The second-order valence-corrected chi connectivity index (χ2v) is 15.0. The van der Waals surface area contributed by atoms with Crippen LogP contribution in [0.4, 0.5) is 17.1 Å². The van der Waals surface area contributed by atoms with Crippen molar-refractivity contribution >= 4 is 82.0 Å². The molecule has 258 valence electrons. The Morgan fingerprint density at radius 1 is 0.418 bits per heavy atom. The summed E-state index contributed by atoms with van der Waals surface area (Å²) < 4.78 is 3.64. The fourth-order valence-electron chi connectivity index (χ4n) is 8.21. The van der Waals surface area contributed by atoms with Gasteiger partial charge in [0.2, 0.25) is 0 Å². The van der Waals surface area contributed by atoms with Crippen LogP contribution in [-0.2, 0) is 0 Å². The predicted molar refractivity (Wildman–Crippen MR) is 235 cm³/mol. The van der Waals surface area contributed by atoms with Gasteiger partial charge in [-0.15, -0.1) is 11.3 Å². The van der Waals surface area contributed by atoms with Gasteiger partial charge >= 0.3 is 0 Å². The van der Waals surface area contributed by atoms with Crippen LogP contribution in [0.15, 0.2) is 200 Å². The molecule has 4 heteroatoms. The Balaban J connectivity index is 1.13. The summed E-state index contributed by atoms with van der Waals surface area (Å²) in [5.74, 6) is 0. The first-order valence-corrected chi connectivity index (χ1v) is 19.4. The van der Waals surface area contributed by atoms with Crippen LogP contribution in [0, 0.1) is 0 Å². The van der Waals surface area contributed by atoms with Gasteiger partial charge in [0.15, 0.2) is 0 Å². The minimum absolute atomic E-state index is 1.03. The summed E-state index contributed by atoms with van der Waals surface area (Å²) in [5, 5.41) is 8.40. The summed E-state index contributed by atoms with van der Waals surface area (Å²) in [5.41, 5.74) is 11.4. The number of aromatic nitrogens is 2. The standard InChI is InChI=1S/C51H33N3S/c1-4-13-34(14-5-1)38-17-12-20-40(31-38)54-47-22-11-10-21-43(47)44-29-28-42(33-48(44)54)53(39-18-8-3-9-19-39)41-27-25-35-23-24-36-26-30-46-50(49(36)45(35)32-41)55-51(52-46)37-15-6-2-7-16-37/h1-33H. The zero-order valence-corrected chi connectivity index (χ0v) is 30.6. The highest BCUT2D eigenvalue weighted by Gasteiger charge is 2.19. The van der Waals surface area contributed by atoms with Crippen molar-refractivity contribution in [2.45, 2.75) is 0 Å². The Kier molecular flexibility index (Phi) is 7.35. The molecule has 0 unspecified atom stereocenters. The number of fused-ring (bicyclic) bond motifs is 8. The van der Waals surface area contributed by atoms with Crippen LogP contribution in [-0.4, -0.2) is 9.55 Å². The molecule has 11 aromatic rings. The molecule has 9 aromatic carbocycles. The molecule has 0 saturated carbocycles. The zero-order valence-electron chi connectivity index (χ0n) is 29.8.